The molecule has 0 atom stereocenters. The van der Waals surface area contributed by atoms with Gasteiger partial charge in [0.05, 0.1) is 0 Å². The summed E-state index contributed by atoms with van der Waals surface area (Å²) in [7, 11) is 1.25. The first kappa shape index (κ1) is 22.6. The van der Waals surface area contributed by atoms with E-state index in [4.69, 9.17) is 1.37 Å². The van der Waals surface area contributed by atoms with Crippen LogP contribution in [-0.2, 0) is 29.8 Å². The van der Waals surface area contributed by atoms with Crippen LogP contribution >= 0.6 is 0 Å². The maximum atomic E-state index is 10.4. The minimum atomic E-state index is 0. The molecule has 0 amide bonds. The third kappa shape index (κ3) is 15.5. The van der Waals surface area contributed by atoms with E-state index in [9.17, 15) is 4.79 Å². The summed E-state index contributed by atoms with van der Waals surface area (Å²) in [4.78, 5) is 10.4. The van der Waals surface area contributed by atoms with Crippen molar-refractivity contribution in [2.45, 2.75) is 46.9 Å². The molecule has 0 aliphatic carbocycles. The van der Waals surface area contributed by atoms with Crippen LogP contribution in [0, 0.1) is 14.4 Å². The molecule has 0 spiro atoms. The molecule has 0 heterocycles. The van der Waals surface area contributed by atoms with Crippen LogP contribution in [0.1, 0.15) is 47.4 Å². The molecule has 1 aromatic carbocycles. The zero-order chi connectivity index (χ0) is 13.5. The molecule has 1 nitrogen and oxygen atoms in total. The Morgan fingerprint density at radius 3 is 2.00 bits per heavy atom. The van der Waals surface area contributed by atoms with Gasteiger partial charge in [-0.2, -0.15) is 6.42 Å². The molecule has 18 heavy (non-hydrogen) atoms. The van der Waals surface area contributed by atoms with Crippen molar-refractivity contribution >= 4 is 5.78 Å². The van der Waals surface area contributed by atoms with Gasteiger partial charge in [-0.05, 0) is 18.4 Å². The quantitative estimate of drug-likeness (QED) is 0.720. The summed E-state index contributed by atoms with van der Waals surface area (Å²) >= 11 is 0. The molecule has 1 aromatic rings. The summed E-state index contributed by atoms with van der Waals surface area (Å²) in [5, 5.41) is 0. The van der Waals surface area contributed by atoms with Gasteiger partial charge in [0, 0.05) is 7.79 Å². The van der Waals surface area contributed by atoms with E-state index >= 15 is 0 Å². The summed E-state index contributed by atoms with van der Waals surface area (Å²) in [5.41, 5.74) is 1.41. The molecule has 0 fully saturated rings. The number of carbonyl (C=O) groups excluding carboxylic acids is 1. The van der Waals surface area contributed by atoms with E-state index in [0.717, 1.165) is 12.8 Å². The second-order valence-electron chi connectivity index (χ2n) is 3.33. The van der Waals surface area contributed by atoms with Gasteiger partial charge in [0.2, 0.25) is 0 Å². The van der Waals surface area contributed by atoms with Gasteiger partial charge in [-0.25, -0.2) is 0 Å². The molecule has 0 saturated carbocycles. The average Bonchev–Trinajstić information content (AvgIpc) is 2.43. The van der Waals surface area contributed by atoms with Crippen LogP contribution in [0.25, 0.3) is 0 Å². The van der Waals surface area contributed by atoms with Crippen molar-refractivity contribution < 1.29 is 24.7 Å². The van der Waals surface area contributed by atoms with Crippen molar-refractivity contribution in [2.24, 2.45) is 0 Å². The van der Waals surface area contributed by atoms with E-state index in [1.165, 1.54) is 13.0 Å². The van der Waals surface area contributed by atoms with Crippen LogP contribution < -0.4 is 0 Å². The predicted molar refractivity (Wildman–Crippen MR) is 78.9 cm³/mol. The normalized spacial score (nSPS) is 7.89. The predicted octanol–water partition coefficient (Wildman–Crippen LogP) is 4.91. The molecular weight excluding hydrogens is 259 g/mol. The number of Topliss-reactive ketones (excluding diaryl/α,β-unsaturated/α-hetero) is 1. The minimum Gasteiger partial charge on any atom is -0.358 e. The van der Waals surface area contributed by atoms with Gasteiger partial charge in [-0.15, -0.1) is 0 Å². The molecule has 2 heteroatoms. The van der Waals surface area contributed by atoms with Gasteiger partial charge >= 0.3 is 18.6 Å². The molecule has 0 saturated heterocycles. The fraction of sp³-hybridized carbons (Fsp3) is 0.438. The van der Waals surface area contributed by atoms with Crippen LogP contribution in [0.3, 0.4) is 0 Å². The van der Waals surface area contributed by atoms with E-state index in [1.807, 2.05) is 13.0 Å². The van der Waals surface area contributed by atoms with Gasteiger partial charge in [0.25, 0.3) is 0 Å². The van der Waals surface area contributed by atoms with Crippen LogP contribution in [0.15, 0.2) is 30.3 Å². The number of carbonyl (C=O) groups is 1. The topological polar surface area (TPSA) is 17.1 Å². The fourth-order valence-electron chi connectivity index (χ4n) is 1.09. The van der Waals surface area contributed by atoms with Gasteiger partial charge in [0.15, 0.2) is 0 Å². The second-order valence-corrected chi connectivity index (χ2v) is 3.33. The first-order valence-corrected chi connectivity index (χ1v) is 5.59. The number of hydrogen-bond donors (Lipinski definition) is 0. The molecule has 1 radical (unpaired) electrons. The van der Waals surface area contributed by atoms with Crippen molar-refractivity contribution in [2.75, 3.05) is 0 Å². The third-order valence-corrected chi connectivity index (χ3v) is 2.10. The van der Waals surface area contributed by atoms with Crippen LogP contribution in [0.2, 0.25) is 0 Å². The molecule has 1 rings (SSSR count). The van der Waals surface area contributed by atoms with Gasteiger partial charge < -0.3 is 14.4 Å². The Morgan fingerprint density at radius 1 is 1.28 bits per heavy atom. The van der Waals surface area contributed by atoms with Crippen LogP contribution in [0.4, 0.5) is 0 Å². The standard InChI is InChI=1S/C8H10.C6H11O.CH4.CH3.V/c1-2-8-6-4-3-5-7-8;1-3-5-6(7)4-2;;;/h3-7H,2H2,1H3;1,3-5H2,2H3;1H4;1H3;/q;-1;;-1;+2/i;;1T;;. The fourth-order valence-corrected chi connectivity index (χ4v) is 1.09. The van der Waals surface area contributed by atoms with Crippen molar-refractivity contribution in [1.82, 2.24) is 0 Å². The van der Waals surface area contributed by atoms with Crippen LogP contribution in [-0.4, -0.2) is 5.78 Å². The minimum absolute atomic E-state index is 0. The first-order valence-electron chi connectivity index (χ1n) is 6.59. The first-order chi connectivity index (χ1) is 8.24. The molecule has 0 N–H and O–H groups in total. The maximum absolute atomic E-state index is 10.4. The maximum Gasteiger partial charge on any atom is 2.00 e. The number of hydrogen-bond acceptors (Lipinski definition) is 1. The molecule has 0 aromatic heterocycles. The zero-order valence-electron chi connectivity index (χ0n) is 13.3. The smallest absolute Gasteiger partial charge is 0.358 e. The Labute approximate surface area is 128 Å². The van der Waals surface area contributed by atoms with E-state index in [0.29, 0.717) is 18.6 Å². The monoisotopic (exact) mass is 289 g/mol. The molecular formula is C16H28OV. The van der Waals surface area contributed by atoms with Gasteiger partial charge in [-0.1, -0.05) is 51.6 Å². The van der Waals surface area contributed by atoms with Crippen LogP contribution in [0.5, 0.6) is 0 Å². The molecule has 0 aliphatic heterocycles. The summed E-state index contributed by atoms with van der Waals surface area (Å²) in [5.74, 6) is 0.315. The zero-order valence-corrected chi connectivity index (χ0v) is 13.7. The van der Waals surface area contributed by atoms with E-state index < -0.39 is 0 Å². The van der Waals surface area contributed by atoms with Crippen molar-refractivity contribution in [3.8, 4) is 0 Å². The Hall–Kier alpha value is -0.526. The summed E-state index contributed by atoms with van der Waals surface area (Å²) in [6.07, 6.45) is 3.19. The summed E-state index contributed by atoms with van der Waals surface area (Å²) < 4.78 is 5.75. The van der Waals surface area contributed by atoms with Crippen molar-refractivity contribution in [3.63, 3.8) is 0 Å². The number of benzene rings is 1. The summed E-state index contributed by atoms with van der Waals surface area (Å²) in [6, 6.07) is 10.5. The van der Waals surface area contributed by atoms with E-state index in [-0.39, 0.29) is 26.0 Å². The third-order valence-electron chi connectivity index (χ3n) is 2.10. The largest absolute Gasteiger partial charge is 2.00 e. The Kier molecular flexibility index (Phi) is 23.7. The average molecular weight is 289 g/mol. The Balaban J connectivity index is -0.0000000965. The SMILES string of the molecule is CCc1ccccc1.[3H]C.[CH2-]CCC(=O)CC.[CH3-].[V+2]. The summed E-state index contributed by atoms with van der Waals surface area (Å²) in [6.45, 7) is 7.59. The van der Waals surface area contributed by atoms with Gasteiger partial charge in [0.1, 0.15) is 5.78 Å². The Morgan fingerprint density at radius 2 is 1.78 bits per heavy atom. The van der Waals surface area contributed by atoms with Crippen molar-refractivity contribution in [3.05, 3.63) is 50.2 Å². The molecule has 0 unspecified atom stereocenters. The van der Waals surface area contributed by atoms with Crippen molar-refractivity contribution in [1.29, 1.82) is 0 Å². The molecule has 0 aliphatic rings. The number of rotatable bonds is 4. The Bertz CT molecular complexity index is 263. The van der Waals surface area contributed by atoms with E-state index in [1.54, 1.807) is 0 Å². The number of ketones is 1. The second kappa shape index (κ2) is 18.8. The molecule has 103 valence electrons. The van der Waals surface area contributed by atoms with E-state index in [2.05, 4.69) is 38.1 Å². The molecule has 0 bridgehead atoms. The number of aryl methyl sites for hydroxylation is 1. The van der Waals surface area contributed by atoms with Gasteiger partial charge in [-0.3, -0.25) is 4.79 Å².